The molecule has 2 fully saturated rings. The van der Waals surface area contributed by atoms with Crippen LogP contribution in [0.2, 0.25) is 0 Å². The van der Waals surface area contributed by atoms with E-state index in [2.05, 4.69) is 22.5 Å². The summed E-state index contributed by atoms with van der Waals surface area (Å²) in [4.78, 5) is 14.7. The number of carbonyl (C=O) groups excluding carboxylic acids is 1. The number of nitrogens with zero attached hydrogens (tertiary/aromatic N) is 1. The molecular weight excluding hydrogens is 262 g/mol. The maximum atomic E-state index is 12.2. The molecule has 0 aromatic heterocycles. The van der Waals surface area contributed by atoms with Gasteiger partial charge in [0.15, 0.2) is 0 Å². The van der Waals surface area contributed by atoms with E-state index in [1.165, 1.54) is 32.1 Å². The molecule has 2 heterocycles. The topological polar surface area (TPSA) is 44.4 Å². The predicted octanol–water partition coefficient (Wildman–Crippen LogP) is 1.98. The van der Waals surface area contributed by atoms with Gasteiger partial charge < -0.3 is 4.90 Å². The Morgan fingerprint density at radius 1 is 1.19 bits per heavy atom. The van der Waals surface area contributed by atoms with Gasteiger partial charge in [0, 0.05) is 37.2 Å². The maximum absolute atomic E-state index is 12.2. The molecule has 4 atom stereocenters. The fourth-order valence-corrected chi connectivity index (χ4v) is 4.78. The standard InChI is InChI=1S/C17H27N3O/c1-11-8-14-13(16(21)9-11)10-18-17(19-14)20-7-6-12-4-2-3-5-15(12)20/h11,13-14,17-19H,2-10H2,1H3. The first-order valence-electron chi connectivity index (χ1n) is 8.72. The highest BCUT2D eigenvalue weighted by molar-refractivity contribution is 5.83. The molecule has 4 nitrogen and oxygen atoms in total. The van der Waals surface area contributed by atoms with Crippen molar-refractivity contribution in [1.82, 2.24) is 15.5 Å². The molecule has 2 aliphatic heterocycles. The van der Waals surface area contributed by atoms with Gasteiger partial charge in [0.2, 0.25) is 0 Å². The molecule has 2 N–H and O–H groups in total. The third kappa shape index (κ3) is 2.42. The zero-order chi connectivity index (χ0) is 14.4. The maximum Gasteiger partial charge on any atom is 0.139 e. The first kappa shape index (κ1) is 13.8. The van der Waals surface area contributed by atoms with Crippen LogP contribution in [0.4, 0.5) is 0 Å². The second-order valence-corrected chi connectivity index (χ2v) is 7.40. The van der Waals surface area contributed by atoms with Crippen LogP contribution in [0.15, 0.2) is 11.3 Å². The number of hydrogen-bond donors (Lipinski definition) is 2. The van der Waals surface area contributed by atoms with Gasteiger partial charge in [-0.1, -0.05) is 6.92 Å². The van der Waals surface area contributed by atoms with Crippen LogP contribution in [-0.2, 0) is 4.79 Å². The minimum Gasteiger partial charge on any atom is -0.347 e. The lowest BCUT2D eigenvalue weighted by Gasteiger charge is -2.46. The number of nitrogens with one attached hydrogen (secondary N) is 2. The van der Waals surface area contributed by atoms with Crippen LogP contribution in [0.25, 0.3) is 0 Å². The Bertz CT molecular complexity index is 473. The molecular formula is C17H27N3O. The SMILES string of the molecule is CC1CC(=O)C2CNC(N3CCC4=C3CCCC4)NC2C1. The van der Waals surface area contributed by atoms with Gasteiger partial charge >= 0.3 is 0 Å². The van der Waals surface area contributed by atoms with Crippen molar-refractivity contribution in [2.45, 2.75) is 64.2 Å². The molecule has 0 amide bonds. The molecule has 21 heavy (non-hydrogen) atoms. The molecule has 0 spiro atoms. The Hall–Kier alpha value is -0.870. The summed E-state index contributed by atoms with van der Waals surface area (Å²) < 4.78 is 0. The lowest BCUT2D eigenvalue weighted by molar-refractivity contribution is -0.128. The van der Waals surface area contributed by atoms with Crippen molar-refractivity contribution in [3.63, 3.8) is 0 Å². The van der Waals surface area contributed by atoms with E-state index in [0.717, 1.165) is 25.9 Å². The van der Waals surface area contributed by atoms with Gasteiger partial charge in [-0.05, 0) is 50.0 Å². The molecule has 4 rings (SSSR count). The average molecular weight is 289 g/mol. The molecule has 116 valence electrons. The zero-order valence-corrected chi connectivity index (χ0v) is 13.0. The van der Waals surface area contributed by atoms with Crippen molar-refractivity contribution < 1.29 is 4.79 Å². The quantitative estimate of drug-likeness (QED) is 0.775. The van der Waals surface area contributed by atoms with Gasteiger partial charge in [0.25, 0.3) is 0 Å². The average Bonchev–Trinajstić information content (AvgIpc) is 2.90. The van der Waals surface area contributed by atoms with Crippen LogP contribution < -0.4 is 10.6 Å². The third-order valence-corrected chi connectivity index (χ3v) is 5.87. The molecule has 1 saturated heterocycles. The first-order chi connectivity index (χ1) is 10.2. The second kappa shape index (κ2) is 5.40. The Kier molecular flexibility index (Phi) is 3.54. The van der Waals surface area contributed by atoms with E-state index in [0.29, 0.717) is 17.7 Å². The molecule has 4 unspecified atom stereocenters. The van der Waals surface area contributed by atoms with Gasteiger partial charge in [0.05, 0.1) is 0 Å². The van der Waals surface area contributed by atoms with Crippen LogP contribution in [0.1, 0.15) is 51.9 Å². The molecule has 4 aliphatic rings. The summed E-state index contributed by atoms with van der Waals surface area (Å²) >= 11 is 0. The van der Waals surface area contributed by atoms with Crippen molar-refractivity contribution in [3.05, 3.63) is 11.3 Å². The smallest absolute Gasteiger partial charge is 0.139 e. The number of carbonyl (C=O) groups is 1. The molecule has 0 bridgehead atoms. The van der Waals surface area contributed by atoms with E-state index >= 15 is 0 Å². The normalized spacial score (nSPS) is 40.2. The largest absolute Gasteiger partial charge is 0.347 e. The minimum atomic E-state index is 0.194. The summed E-state index contributed by atoms with van der Waals surface area (Å²) in [5, 5.41) is 7.35. The van der Waals surface area contributed by atoms with Crippen molar-refractivity contribution >= 4 is 5.78 Å². The second-order valence-electron chi connectivity index (χ2n) is 7.40. The minimum absolute atomic E-state index is 0.194. The summed E-state index contributed by atoms with van der Waals surface area (Å²) in [6, 6.07) is 0.376. The Morgan fingerprint density at radius 3 is 2.95 bits per heavy atom. The van der Waals surface area contributed by atoms with E-state index in [9.17, 15) is 4.79 Å². The van der Waals surface area contributed by atoms with E-state index in [1.54, 1.807) is 11.3 Å². The van der Waals surface area contributed by atoms with Crippen LogP contribution in [0.3, 0.4) is 0 Å². The van der Waals surface area contributed by atoms with Crippen LogP contribution in [0, 0.1) is 11.8 Å². The van der Waals surface area contributed by atoms with Crippen LogP contribution in [0.5, 0.6) is 0 Å². The van der Waals surface area contributed by atoms with Crippen LogP contribution >= 0.6 is 0 Å². The van der Waals surface area contributed by atoms with Gasteiger partial charge in [-0.25, -0.2) is 0 Å². The van der Waals surface area contributed by atoms with E-state index in [1.807, 2.05) is 0 Å². The molecule has 1 saturated carbocycles. The van der Waals surface area contributed by atoms with Crippen LogP contribution in [-0.4, -0.2) is 36.1 Å². The van der Waals surface area contributed by atoms with Crippen molar-refractivity contribution in [2.75, 3.05) is 13.1 Å². The summed E-state index contributed by atoms with van der Waals surface area (Å²) in [5.74, 6) is 1.18. The summed E-state index contributed by atoms with van der Waals surface area (Å²) in [6.45, 7) is 4.22. The monoisotopic (exact) mass is 289 g/mol. The molecule has 4 heteroatoms. The fraction of sp³-hybridized carbons (Fsp3) is 0.824. The highest BCUT2D eigenvalue weighted by atomic mass is 16.1. The zero-order valence-electron chi connectivity index (χ0n) is 13.0. The van der Waals surface area contributed by atoms with Crippen molar-refractivity contribution in [3.8, 4) is 0 Å². The highest BCUT2D eigenvalue weighted by Gasteiger charge is 2.41. The first-order valence-corrected chi connectivity index (χ1v) is 8.72. The number of hydrogen-bond acceptors (Lipinski definition) is 4. The predicted molar refractivity (Wildman–Crippen MR) is 82.4 cm³/mol. The Labute approximate surface area is 127 Å². The summed E-state index contributed by atoms with van der Waals surface area (Å²) in [6.07, 6.45) is 8.67. The Morgan fingerprint density at radius 2 is 2.05 bits per heavy atom. The number of Topliss-reactive ketones (excluding diaryl/α,β-unsaturated/α-hetero) is 1. The van der Waals surface area contributed by atoms with Gasteiger partial charge in [-0.2, -0.15) is 0 Å². The lowest BCUT2D eigenvalue weighted by atomic mass is 9.77. The van der Waals surface area contributed by atoms with Gasteiger partial charge in [-0.3, -0.25) is 15.4 Å². The molecule has 2 aliphatic carbocycles. The van der Waals surface area contributed by atoms with Crippen molar-refractivity contribution in [2.24, 2.45) is 11.8 Å². The molecule has 0 aromatic carbocycles. The number of fused-ring (bicyclic) bond motifs is 1. The fourth-order valence-electron chi connectivity index (χ4n) is 4.78. The lowest BCUT2D eigenvalue weighted by Crippen LogP contribution is -2.66. The van der Waals surface area contributed by atoms with E-state index in [-0.39, 0.29) is 12.2 Å². The third-order valence-electron chi connectivity index (χ3n) is 5.87. The summed E-state index contributed by atoms with van der Waals surface area (Å²) in [7, 11) is 0. The number of allylic oxidation sites excluding steroid dienone is 1. The summed E-state index contributed by atoms with van der Waals surface area (Å²) in [5.41, 5.74) is 3.29. The number of ketones is 1. The molecule has 0 aromatic rings. The van der Waals surface area contributed by atoms with Gasteiger partial charge in [-0.15, -0.1) is 0 Å². The van der Waals surface area contributed by atoms with Gasteiger partial charge in [0.1, 0.15) is 12.1 Å². The Balaban J connectivity index is 1.48. The van der Waals surface area contributed by atoms with Crippen molar-refractivity contribution in [1.29, 1.82) is 0 Å². The van der Waals surface area contributed by atoms with E-state index in [4.69, 9.17) is 0 Å². The van der Waals surface area contributed by atoms with E-state index < -0.39 is 0 Å². The highest BCUT2D eigenvalue weighted by Crippen LogP contribution is 2.36. The number of rotatable bonds is 1. The molecule has 0 radical (unpaired) electrons.